The Hall–Kier alpha value is -2.76. The molecule has 1 aliphatic carbocycles. The molecule has 0 unspecified atom stereocenters. The van der Waals surface area contributed by atoms with Gasteiger partial charge in [-0.25, -0.2) is 4.79 Å². The lowest BCUT2D eigenvalue weighted by Crippen LogP contribution is -2.50. The summed E-state index contributed by atoms with van der Waals surface area (Å²) in [5.74, 6) is -1.65. The quantitative estimate of drug-likeness (QED) is 0.762. The highest BCUT2D eigenvalue weighted by molar-refractivity contribution is 5.81. The van der Waals surface area contributed by atoms with Crippen LogP contribution >= 0.6 is 0 Å². The molecule has 0 radical (unpaired) electrons. The molecule has 6 nitrogen and oxygen atoms in total. The molecule has 1 N–H and O–H groups in total. The Labute approximate surface area is 154 Å². The number of nitrogens with zero attached hydrogens (tertiary/aromatic N) is 1. The third kappa shape index (κ3) is 6.16. The molecule has 2 rings (SSSR count). The highest BCUT2D eigenvalue weighted by atomic mass is 19.4. The van der Waals surface area contributed by atoms with Gasteiger partial charge < -0.3 is 14.8 Å². The van der Waals surface area contributed by atoms with E-state index in [0.29, 0.717) is 12.8 Å². The number of hydrogen-bond donors (Lipinski definition) is 1. The van der Waals surface area contributed by atoms with Crippen molar-refractivity contribution in [3.8, 4) is 11.8 Å². The number of hydrogen-bond acceptors (Lipinski definition) is 5. The van der Waals surface area contributed by atoms with Gasteiger partial charge in [0.15, 0.2) is 13.2 Å². The molecule has 0 saturated heterocycles. The van der Waals surface area contributed by atoms with Crippen LogP contribution in [-0.4, -0.2) is 30.6 Å². The summed E-state index contributed by atoms with van der Waals surface area (Å²) in [6.45, 7) is -1.23. The van der Waals surface area contributed by atoms with Crippen molar-refractivity contribution in [2.45, 2.75) is 43.8 Å². The third-order valence-corrected chi connectivity index (χ3v) is 4.18. The number of ether oxygens (including phenoxy) is 2. The van der Waals surface area contributed by atoms with Gasteiger partial charge in [0.25, 0.3) is 5.91 Å². The molecule has 0 atom stereocenters. The smallest absolute Gasteiger partial charge is 0.416 e. The van der Waals surface area contributed by atoms with E-state index in [1.807, 2.05) is 0 Å². The maximum Gasteiger partial charge on any atom is 0.416 e. The molecule has 0 aromatic heterocycles. The van der Waals surface area contributed by atoms with Crippen molar-refractivity contribution in [1.29, 1.82) is 5.26 Å². The van der Waals surface area contributed by atoms with Gasteiger partial charge in [0.1, 0.15) is 11.3 Å². The molecular formula is C18H19F3N2O4. The summed E-state index contributed by atoms with van der Waals surface area (Å²) in [6.07, 6.45) is -0.768. The normalized spacial score (nSPS) is 16.1. The van der Waals surface area contributed by atoms with Crippen LogP contribution in [0.5, 0.6) is 5.75 Å². The molecule has 1 amide bonds. The van der Waals surface area contributed by atoms with E-state index in [2.05, 4.69) is 11.4 Å². The number of alkyl halides is 3. The first-order valence-corrected chi connectivity index (χ1v) is 8.42. The molecule has 0 bridgehead atoms. The summed E-state index contributed by atoms with van der Waals surface area (Å²) >= 11 is 0. The Kier molecular flexibility index (Phi) is 6.66. The number of amides is 1. The molecule has 1 saturated carbocycles. The fourth-order valence-corrected chi connectivity index (χ4v) is 2.82. The molecule has 0 spiro atoms. The molecule has 1 aliphatic rings. The maximum absolute atomic E-state index is 12.6. The summed E-state index contributed by atoms with van der Waals surface area (Å²) in [4.78, 5) is 23.5. The highest BCUT2D eigenvalue weighted by Gasteiger charge is 2.34. The van der Waals surface area contributed by atoms with Crippen molar-refractivity contribution in [3.05, 3.63) is 29.8 Å². The predicted octanol–water partition coefficient (Wildman–Crippen LogP) is 2.97. The SMILES string of the molecule is N#CC1(NC(=O)COC(=O)COc2cccc(C(F)(F)F)c2)CCCCC1. The van der Waals surface area contributed by atoms with Gasteiger partial charge in [-0.05, 0) is 31.0 Å². The van der Waals surface area contributed by atoms with Gasteiger partial charge in [0.2, 0.25) is 0 Å². The monoisotopic (exact) mass is 384 g/mol. The van der Waals surface area contributed by atoms with Gasteiger partial charge in [-0.2, -0.15) is 18.4 Å². The lowest BCUT2D eigenvalue weighted by Gasteiger charge is -2.31. The predicted molar refractivity (Wildman–Crippen MR) is 87.5 cm³/mol. The van der Waals surface area contributed by atoms with Crippen LogP contribution in [0.1, 0.15) is 37.7 Å². The van der Waals surface area contributed by atoms with E-state index in [1.54, 1.807) is 0 Å². The Bertz CT molecular complexity index is 722. The summed E-state index contributed by atoms with van der Waals surface area (Å²) in [5.41, 5.74) is -1.84. The first kappa shape index (κ1) is 20.6. The Morgan fingerprint density at radius 1 is 1.19 bits per heavy atom. The van der Waals surface area contributed by atoms with Crippen LogP contribution in [-0.2, 0) is 20.5 Å². The van der Waals surface area contributed by atoms with Gasteiger partial charge in [-0.15, -0.1) is 0 Å². The van der Waals surface area contributed by atoms with Gasteiger partial charge in [0, 0.05) is 0 Å². The summed E-state index contributed by atoms with van der Waals surface area (Å²) < 4.78 is 47.6. The van der Waals surface area contributed by atoms with Gasteiger partial charge in [-0.1, -0.05) is 25.3 Å². The third-order valence-electron chi connectivity index (χ3n) is 4.18. The molecule has 1 aromatic carbocycles. The molecule has 1 aromatic rings. The highest BCUT2D eigenvalue weighted by Crippen LogP contribution is 2.31. The fourth-order valence-electron chi connectivity index (χ4n) is 2.82. The van der Waals surface area contributed by atoms with E-state index in [0.717, 1.165) is 37.5 Å². The van der Waals surface area contributed by atoms with Crippen molar-refractivity contribution in [1.82, 2.24) is 5.32 Å². The minimum absolute atomic E-state index is 0.142. The zero-order chi connectivity index (χ0) is 19.9. The van der Waals surface area contributed by atoms with Crippen molar-refractivity contribution in [2.24, 2.45) is 0 Å². The van der Waals surface area contributed by atoms with E-state index in [9.17, 15) is 28.0 Å². The number of carbonyl (C=O) groups excluding carboxylic acids is 2. The average Bonchev–Trinajstić information content (AvgIpc) is 2.65. The second kappa shape index (κ2) is 8.75. The number of esters is 1. The second-order valence-electron chi connectivity index (χ2n) is 6.28. The Morgan fingerprint density at radius 2 is 1.89 bits per heavy atom. The number of halogens is 3. The Morgan fingerprint density at radius 3 is 2.52 bits per heavy atom. The topological polar surface area (TPSA) is 88.4 Å². The molecule has 0 heterocycles. The van der Waals surface area contributed by atoms with Gasteiger partial charge in [-0.3, -0.25) is 4.79 Å². The number of carbonyl (C=O) groups is 2. The standard InChI is InChI=1S/C18H19F3N2O4/c19-18(20,21)13-5-4-6-14(9-13)26-11-16(25)27-10-15(24)23-17(12-22)7-2-1-3-8-17/h4-6,9H,1-3,7-8,10-11H2,(H,23,24). The minimum atomic E-state index is -4.52. The van der Waals surface area contributed by atoms with E-state index in [1.165, 1.54) is 6.07 Å². The van der Waals surface area contributed by atoms with Crippen molar-refractivity contribution >= 4 is 11.9 Å². The summed E-state index contributed by atoms with van der Waals surface area (Å²) in [6, 6.07) is 6.18. The maximum atomic E-state index is 12.6. The first-order valence-electron chi connectivity index (χ1n) is 8.42. The van der Waals surface area contributed by atoms with Crippen LogP contribution in [0.15, 0.2) is 24.3 Å². The van der Waals surface area contributed by atoms with E-state index < -0.39 is 42.4 Å². The molecule has 0 aliphatic heterocycles. The van der Waals surface area contributed by atoms with Gasteiger partial charge >= 0.3 is 12.1 Å². The minimum Gasteiger partial charge on any atom is -0.482 e. The number of nitrogens with one attached hydrogen (secondary N) is 1. The molecular weight excluding hydrogens is 365 g/mol. The lowest BCUT2D eigenvalue weighted by atomic mass is 9.83. The first-order chi connectivity index (χ1) is 12.7. The fraction of sp³-hybridized carbons (Fsp3) is 0.500. The number of nitriles is 1. The zero-order valence-electron chi connectivity index (χ0n) is 14.5. The van der Waals surface area contributed by atoms with E-state index in [-0.39, 0.29) is 5.75 Å². The van der Waals surface area contributed by atoms with E-state index in [4.69, 9.17) is 9.47 Å². The van der Waals surface area contributed by atoms with Crippen LogP contribution in [0.4, 0.5) is 13.2 Å². The van der Waals surface area contributed by atoms with Crippen LogP contribution in [0.2, 0.25) is 0 Å². The van der Waals surface area contributed by atoms with Crippen LogP contribution < -0.4 is 10.1 Å². The van der Waals surface area contributed by atoms with Crippen LogP contribution in [0.25, 0.3) is 0 Å². The van der Waals surface area contributed by atoms with Crippen molar-refractivity contribution in [2.75, 3.05) is 13.2 Å². The summed E-state index contributed by atoms with van der Waals surface area (Å²) in [5, 5.41) is 11.9. The largest absolute Gasteiger partial charge is 0.482 e. The van der Waals surface area contributed by atoms with Crippen molar-refractivity contribution < 1.29 is 32.2 Å². The molecule has 27 heavy (non-hydrogen) atoms. The Balaban J connectivity index is 1.78. The molecule has 1 fully saturated rings. The van der Waals surface area contributed by atoms with Crippen LogP contribution in [0, 0.1) is 11.3 Å². The van der Waals surface area contributed by atoms with Crippen molar-refractivity contribution in [3.63, 3.8) is 0 Å². The summed E-state index contributed by atoms with van der Waals surface area (Å²) in [7, 11) is 0. The van der Waals surface area contributed by atoms with Gasteiger partial charge in [0.05, 0.1) is 11.6 Å². The lowest BCUT2D eigenvalue weighted by molar-refractivity contribution is -0.150. The zero-order valence-corrected chi connectivity index (χ0v) is 14.5. The number of rotatable bonds is 6. The average molecular weight is 384 g/mol. The number of benzene rings is 1. The molecule has 146 valence electrons. The van der Waals surface area contributed by atoms with Crippen LogP contribution in [0.3, 0.4) is 0 Å². The molecule has 9 heteroatoms. The van der Waals surface area contributed by atoms with E-state index >= 15 is 0 Å². The second-order valence-corrected chi connectivity index (χ2v) is 6.28.